The Morgan fingerprint density at radius 1 is 0.938 bits per heavy atom. The summed E-state index contributed by atoms with van der Waals surface area (Å²) in [4.78, 5) is 18.5. The molecule has 0 aliphatic carbocycles. The molecule has 0 amide bonds. The highest BCUT2D eigenvalue weighted by molar-refractivity contribution is 6.63. The molecular weight excluding hydrogens is 216 g/mol. The number of unbranched alkanes of at least 4 members (excludes halogenated alkanes) is 3. The lowest BCUT2D eigenvalue weighted by Gasteiger charge is -2.10. The Morgan fingerprint density at radius 3 is 2.19 bits per heavy atom. The van der Waals surface area contributed by atoms with Crippen molar-refractivity contribution in [2.24, 2.45) is 0 Å². The number of hydrogen-bond donors (Lipinski definition) is 2. The fourth-order valence-electron chi connectivity index (χ4n) is 1.79. The quantitative estimate of drug-likeness (QED) is 0.566. The van der Waals surface area contributed by atoms with E-state index in [-0.39, 0.29) is 0 Å². The highest BCUT2D eigenvalue weighted by atomic mass is 28.4. The molecule has 0 heterocycles. The van der Waals surface area contributed by atoms with Gasteiger partial charge in [-0.05, 0) is 31.0 Å². The molecule has 1 aromatic rings. The lowest BCUT2D eigenvalue weighted by molar-refractivity contribution is 0.366. The van der Waals surface area contributed by atoms with E-state index in [1.54, 1.807) is 6.55 Å². The SMILES string of the molecule is C[Si](O)(O)CCCCCCc1ccccc1. The molecule has 3 heteroatoms. The van der Waals surface area contributed by atoms with Crippen LogP contribution in [0.1, 0.15) is 31.2 Å². The second kappa shape index (κ2) is 6.84. The normalized spacial score (nSPS) is 11.7. The van der Waals surface area contributed by atoms with Crippen molar-refractivity contribution in [2.45, 2.75) is 44.7 Å². The van der Waals surface area contributed by atoms with Gasteiger partial charge in [-0.25, -0.2) is 0 Å². The van der Waals surface area contributed by atoms with Crippen LogP contribution in [0.3, 0.4) is 0 Å². The molecule has 0 aliphatic heterocycles. The van der Waals surface area contributed by atoms with E-state index in [9.17, 15) is 9.59 Å². The Hall–Kier alpha value is -0.643. The molecule has 0 bridgehead atoms. The summed E-state index contributed by atoms with van der Waals surface area (Å²) in [6.45, 7) is 1.58. The average molecular weight is 238 g/mol. The van der Waals surface area contributed by atoms with Crippen LogP contribution in [0.5, 0.6) is 0 Å². The third-order valence-electron chi connectivity index (χ3n) is 2.71. The molecule has 1 aromatic carbocycles. The van der Waals surface area contributed by atoms with Crippen LogP contribution in [-0.4, -0.2) is 18.2 Å². The second-order valence-electron chi connectivity index (χ2n) is 4.62. The van der Waals surface area contributed by atoms with Gasteiger partial charge in [0.05, 0.1) is 0 Å². The van der Waals surface area contributed by atoms with Crippen LogP contribution in [0.25, 0.3) is 0 Å². The second-order valence-corrected chi connectivity index (χ2v) is 7.55. The van der Waals surface area contributed by atoms with E-state index in [0.29, 0.717) is 6.04 Å². The first-order valence-corrected chi connectivity index (χ1v) is 8.67. The maximum Gasteiger partial charge on any atom is 0.329 e. The van der Waals surface area contributed by atoms with E-state index in [0.717, 1.165) is 19.3 Å². The highest BCUT2D eigenvalue weighted by Gasteiger charge is 2.19. The van der Waals surface area contributed by atoms with E-state index < -0.39 is 8.56 Å². The zero-order valence-electron chi connectivity index (χ0n) is 10.0. The Labute approximate surface area is 99.2 Å². The maximum atomic E-state index is 9.25. The van der Waals surface area contributed by atoms with E-state index >= 15 is 0 Å². The number of benzene rings is 1. The van der Waals surface area contributed by atoms with Crippen molar-refractivity contribution < 1.29 is 9.59 Å². The molecule has 0 saturated carbocycles. The summed E-state index contributed by atoms with van der Waals surface area (Å²) in [5.41, 5.74) is 1.39. The summed E-state index contributed by atoms with van der Waals surface area (Å²) in [5, 5.41) is 0. The summed E-state index contributed by atoms with van der Waals surface area (Å²) in [6.07, 6.45) is 5.56. The van der Waals surface area contributed by atoms with Crippen LogP contribution in [0.4, 0.5) is 0 Å². The summed E-state index contributed by atoms with van der Waals surface area (Å²) in [7, 11) is -2.78. The molecule has 2 N–H and O–H groups in total. The van der Waals surface area contributed by atoms with Crippen LogP contribution < -0.4 is 0 Å². The average Bonchev–Trinajstić information content (AvgIpc) is 2.23. The third-order valence-corrected chi connectivity index (χ3v) is 4.01. The van der Waals surface area contributed by atoms with Gasteiger partial charge in [0.2, 0.25) is 0 Å². The Balaban J connectivity index is 2.01. The van der Waals surface area contributed by atoms with Gasteiger partial charge in [-0.2, -0.15) is 0 Å². The highest BCUT2D eigenvalue weighted by Crippen LogP contribution is 2.12. The zero-order valence-corrected chi connectivity index (χ0v) is 11.0. The van der Waals surface area contributed by atoms with Crippen molar-refractivity contribution in [1.82, 2.24) is 0 Å². The maximum absolute atomic E-state index is 9.25. The smallest absolute Gasteiger partial charge is 0.329 e. The molecule has 0 spiro atoms. The van der Waals surface area contributed by atoms with Crippen LogP contribution >= 0.6 is 0 Å². The van der Waals surface area contributed by atoms with Gasteiger partial charge in [-0.1, -0.05) is 49.6 Å². The molecule has 2 nitrogen and oxygen atoms in total. The van der Waals surface area contributed by atoms with E-state index in [1.165, 1.54) is 18.4 Å². The van der Waals surface area contributed by atoms with E-state index in [4.69, 9.17) is 0 Å². The number of aryl methyl sites for hydroxylation is 1. The zero-order chi connectivity index (χ0) is 11.9. The summed E-state index contributed by atoms with van der Waals surface area (Å²) in [5.74, 6) is 0. The summed E-state index contributed by atoms with van der Waals surface area (Å²) in [6, 6.07) is 11.1. The molecule has 0 unspecified atom stereocenters. The first-order chi connectivity index (χ1) is 7.58. The number of rotatable bonds is 7. The van der Waals surface area contributed by atoms with Crippen LogP contribution in [0.15, 0.2) is 30.3 Å². The summed E-state index contributed by atoms with van der Waals surface area (Å²) >= 11 is 0. The molecule has 0 aliphatic rings. The molecular formula is C13H22O2Si. The molecule has 0 fully saturated rings. The standard InChI is InChI=1S/C13H22O2Si/c1-16(14,15)12-8-3-2-5-9-13-10-6-4-7-11-13/h4,6-7,10-11,14-15H,2-3,5,8-9,12H2,1H3. The molecule has 0 saturated heterocycles. The first kappa shape index (κ1) is 13.4. The Morgan fingerprint density at radius 2 is 1.56 bits per heavy atom. The van der Waals surface area contributed by atoms with Gasteiger partial charge in [-0.3, -0.25) is 0 Å². The minimum Gasteiger partial charge on any atom is -0.411 e. The van der Waals surface area contributed by atoms with Crippen molar-refractivity contribution >= 4 is 8.56 Å². The van der Waals surface area contributed by atoms with Crippen LogP contribution in [0, 0.1) is 0 Å². The van der Waals surface area contributed by atoms with E-state index in [2.05, 4.69) is 24.3 Å². The van der Waals surface area contributed by atoms with Crippen molar-refractivity contribution in [3.63, 3.8) is 0 Å². The van der Waals surface area contributed by atoms with Gasteiger partial charge < -0.3 is 9.59 Å². The predicted molar refractivity (Wildman–Crippen MR) is 69.5 cm³/mol. The van der Waals surface area contributed by atoms with E-state index in [1.807, 2.05) is 6.07 Å². The van der Waals surface area contributed by atoms with Gasteiger partial charge in [-0.15, -0.1) is 0 Å². The Kier molecular flexibility index (Phi) is 5.73. The van der Waals surface area contributed by atoms with Gasteiger partial charge >= 0.3 is 8.56 Å². The number of hydrogen-bond acceptors (Lipinski definition) is 2. The largest absolute Gasteiger partial charge is 0.411 e. The lowest BCUT2D eigenvalue weighted by atomic mass is 10.1. The minimum absolute atomic E-state index is 0.609. The Bertz CT molecular complexity index is 280. The van der Waals surface area contributed by atoms with Crippen molar-refractivity contribution in [2.75, 3.05) is 0 Å². The minimum atomic E-state index is -2.78. The molecule has 90 valence electrons. The van der Waals surface area contributed by atoms with Gasteiger partial charge in [0.25, 0.3) is 0 Å². The first-order valence-electron chi connectivity index (χ1n) is 6.07. The lowest BCUT2D eigenvalue weighted by Crippen LogP contribution is -2.29. The fourth-order valence-corrected chi connectivity index (χ4v) is 2.71. The monoisotopic (exact) mass is 238 g/mol. The molecule has 1 rings (SSSR count). The molecule has 16 heavy (non-hydrogen) atoms. The van der Waals surface area contributed by atoms with Gasteiger partial charge in [0.1, 0.15) is 0 Å². The van der Waals surface area contributed by atoms with Gasteiger partial charge in [0, 0.05) is 0 Å². The predicted octanol–water partition coefficient (Wildman–Crippen LogP) is 2.85. The molecule has 0 atom stereocenters. The topological polar surface area (TPSA) is 40.5 Å². The van der Waals surface area contributed by atoms with Crippen molar-refractivity contribution in [3.8, 4) is 0 Å². The van der Waals surface area contributed by atoms with Crippen molar-refractivity contribution in [1.29, 1.82) is 0 Å². The van der Waals surface area contributed by atoms with Crippen LogP contribution in [0.2, 0.25) is 12.6 Å². The van der Waals surface area contributed by atoms with Crippen molar-refractivity contribution in [3.05, 3.63) is 35.9 Å². The van der Waals surface area contributed by atoms with Gasteiger partial charge in [0.15, 0.2) is 0 Å². The summed E-state index contributed by atoms with van der Waals surface area (Å²) < 4.78 is 0. The molecule has 0 radical (unpaired) electrons. The molecule has 0 aromatic heterocycles. The van der Waals surface area contributed by atoms with Crippen LogP contribution in [-0.2, 0) is 6.42 Å². The fraction of sp³-hybridized carbons (Fsp3) is 0.538. The third kappa shape index (κ3) is 6.77.